The molecule has 4 nitrogen and oxygen atoms in total. The number of hydrogen-bond acceptors (Lipinski definition) is 3. The van der Waals surface area contributed by atoms with Crippen molar-refractivity contribution in [2.24, 2.45) is 11.8 Å². The van der Waals surface area contributed by atoms with Crippen molar-refractivity contribution in [3.63, 3.8) is 0 Å². The maximum Gasteiger partial charge on any atom is 0.134 e. The van der Waals surface area contributed by atoms with Crippen LogP contribution in [0.5, 0.6) is 0 Å². The van der Waals surface area contributed by atoms with Gasteiger partial charge in [-0.15, -0.1) is 0 Å². The number of hydrogen-bond donors (Lipinski definition) is 2. The summed E-state index contributed by atoms with van der Waals surface area (Å²) in [4.78, 5) is 10.9. The number of benzene rings is 1. The molecule has 0 aliphatic carbocycles. The smallest absolute Gasteiger partial charge is 0.134 e. The zero-order valence-corrected chi connectivity index (χ0v) is 14.0. The van der Waals surface area contributed by atoms with E-state index in [1.54, 1.807) is 0 Å². The first-order chi connectivity index (χ1) is 10.3. The third-order valence-corrected chi connectivity index (χ3v) is 4.02. The summed E-state index contributed by atoms with van der Waals surface area (Å²) in [6, 6.07) is 9.57. The molecule has 124 valence electrons. The summed E-state index contributed by atoms with van der Waals surface area (Å²) in [5.74, 6) is 0.842. The SMILES string of the molecule is CC(C)C[C@H](NC(=O)[O-])[C@@H](O)C[C@H](c1ccccc1)C(C)C. The Balaban J connectivity index is 2.83. The van der Waals surface area contributed by atoms with Crippen LogP contribution in [0.25, 0.3) is 0 Å². The lowest BCUT2D eigenvalue weighted by molar-refractivity contribution is -0.252. The number of nitrogens with one attached hydrogen (secondary N) is 1. The lowest BCUT2D eigenvalue weighted by Crippen LogP contribution is -2.49. The van der Waals surface area contributed by atoms with Gasteiger partial charge in [0, 0.05) is 0 Å². The fourth-order valence-corrected chi connectivity index (χ4v) is 2.89. The molecule has 3 atom stereocenters. The molecule has 0 aliphatic heterocycles. The summed E-state index contributed by atoms with van der Waals surface area (Å²) in [6.07, 6.45) is -0.938. The van der Waals surface area contributed by atoms with E-state index in [0.29, 0.717) is 24.7 Å². The molecule has 0 bridgehead atoms. The molecule has 0 unspecified atom stereocenters. The Morgan fingerprint density at radius 3 is 2.18 bits per heavy atom. The Hall–Kier alpha value is -1.55. The normalized spacial score (nSPS) is 15.6. The third-order valence-electron chi connectivity index (χ3n) is 4.02. The third kappa shape index (κ3) is 6.06. The molecule has 0 saturated carbocycles. The van der Waals surface area contributed by atoms with Crippen molar-refractivity contribution in [2.75, 3.05) is 0 Å². The molecule has 0 heterocycles. The van der Waals surface area contributed by atoms with E-state index in [4.69, 9.17) is 0 Å². The quantitative estimate of drug-likeness (QED) is 0.775. The highest BCUT2D eigenvalue weighted by molar-refractivity contribution is 5.62. The van der Waals surface area contributed by atoms with Gasteiger partial charge in [0.2, 0.25) is 0 Å². The van der Waals surface area contributed by atoms with Crippen molar-refractivity contribution in [3.05, 3.63) is 35.9 Å². The van der Waals surface area contributed by atoms with Crippen LogP contribution in [-0.2, 0) is 0 Å². The Labute approximate surface area is 133 Å². The van der Waals surface area contributed by atoms with E-state index in [9.17, 15) is 15.0 Å². The van der Waals surface area contributed by atoms with E-state index in [1.165, 1.54) is 5.56 Å². The number of carboxylic acid groups (broad SMARTS) is 1. The molecule has 0 aliphatic rings. The highest BCUT2D eigenvalue weighted by Crippen LogP contribution is 2.30. The van der Waals surface area contributed by atoms with Crippen molar-refractivity contribution in [1.82, 2.24) is 5.32 Å². The second-order valence-corrected chi connectivity index (χ2v) is 6.73. The zero-order chi connectivity index (χ0) is 16.7. The topological polar surface area (TPSA) is 72.4 Å². The number of carbonyl (C=O) groups is 1. The van der Waals surface area contributed by atoms with Crippen LogP contribution in [0.1, 0.15) is 52.0 Å². The summed E-state index contributed by atoms with van der Waals surface area (Å²) in [7, 11) is 0. The van der Waals surface area contributed by atoms with Gasteiger partial charge in [0.15, 0.2) is 0 Å². The minimum Gasteiger partial charge on any atom is -0.530 e. The Morgan fingerprint density at radius 2 is 1.73 bits per heavy atom. The first-order valence-corrected chi connectivity index (χ1v) is 8.01. The van der Waals surface area contributed by atoms with E-state index >= 15 is 0 Å². The van der Waals surface area contributed by atoms with Crippen LogP contribution in [-0.4, -0.2) is 23.3 Å². The largest absolute Gasteiger partial charge is 0.530 e. The number of rotatable bonds is 8. The van der Waals surface area contributed by atoms with Gasteiger partial charge in [-0.05, 0) is 36.2 Å². The summed E-state index contributed by atoms with van der Waals surface area (Å²) in [5, 5.41) is 23.7. The van der Waals surface area contributed by atoms with Crippen molar-refractivity contribution < 1.29 is 15.0 Å². The monoisotopic (exact) mass is 306 g/mol. The summed E-state index contributed by atoms with van der Waals surface area (Å²) < 4.78 is 0. The number of aliphatic hydroxyl groups is 1. The maximum atomic E-state index is 10.9. The molecule has 0 spiro atoms. The van der Waals surface area contributed by atoms with Gasteiger partial charge in [0.1, 0.15) is 6.09 Å². The fraction of sp³-hybridized carbons (Fsp3) is 0.611. The molecule has 1 amide bonds. The summed E-state index contributed by atoms with van der Waals surface area (Å²) in [5.41, 5.74) is 1.17. The first kappa shape index (κ1) is 18.5. The number of amides is 1. The van der Waals surface area contributed by atoms with Gasteiger partial charge in [-0.25, -0.2) is 0 Å². The molecule has 1 aromatic carbocycles. The molecule has 1 aromatic rings. The van der Waals surface area contributed by atoms with Gasteiger partial charge in [0.25, 0.3) is 0 Å². The minimum atomic E-state index is -1.33. The predicted octanol–water partition coefficient (Wildman–Crippen LogP) is 2.52. The van der Waals surface area contributed by atoms with Crippen LogP contribution >= 0.6 is 0 Å². The maximum absolute atomic E-state index is 10.9. The van der Waals surface area contributed by atoms with Crippen LogP contribution in [0.3, 0.4) is 0 Å². The second kappa shape index (κ2) is 8.79. The molecule has 0 saturated heterocycles. The molecule has 4 heteroatoms. The van der Waals surface area contributed by atoms with Gasteiger partial charge >= 0.3 is 0 Å². The standard InChI is InChI=1S/C18H29NO3/c1-12(2)10-16(19-18(21)22)17(20)11-15(13(3)4)14-8-6-5-7-9-14/h5-9,12-13,15-17,19-20H,10-11H2,1-4H3,(H,21,22)/p-1/t15-,16-,17-/m0/s1. The van der Waals surface area contributed by atoms with E-state index in [0.717, 1.165) is 0 Å². The predicted molar refractivity (Wildman–Crippen MR) is 86.4 cm³/mol. The molecular formula is C18H28NO3-. The second-order valence-electron chi connectivity index (χ2n) is 6.73. The average Bonchev–Trinajstić information content (AvgIpc) is 2.43. The van der Waals surface area contributed by atoms with Crippen LogP contribution in [0, 0.1) is 11.8 Å². The summed E-state index contributed by atoms with van der Waals surface area (Å²) in [6.45, 7) is 8.25. The highest BCUT2D eigenvalue weighted by Gasteiger charge is 2.26. The van der Waals surface area contributed by atoms with Gasteiger partial charge in [-0.3, -0.25) is 0 Å². The van der Waals surface area contributed by atoms with Crippen LogP contribution in [0.15, 0.2) is 30.3 Å². The zero-order valence-electron chi connectivity index (χ0n) is 14.0. The van der Waals surface area contributed by atoms with Gasteiger partial charge in [0.05, 0.1) is 12.1 Å². The fourth-order valence-electron chi connectivity index (χ4n) is 2.89. The summed E-state index contributed by atoms with van der Waals surface area (Å²) >= 11 is 0. The van der Waals surface area contributed by atoms with Gasteiger partial charge < -0.3 is 20.3 Å². The van der Waals surface area contributed by atoms with Crippen LogP contribution in [0.2, 0.25) is 0 Å². The number of carbonyl (C=O) groups excluding carboxylic acids is 1. The van der Waals surface area contributed by atoms with Crippen molar-refractivity contribution in [3.8, 4) is 0 Å². The van der Waals surface area contributed by atoms with Crippen LogP contribution in [0.4, 0.5) is 4.79 Å². The lowest BCUT2D eigenvalue weighted by Gasteiger charge is -2.31. The van der Waals surface area contributed by atoms with E-state index in [-0.39, 0.29) is 5.92 Å². The minimum absolute atomic E-state index is 0.189. The molecule has 1 rings (SSSR count). The average molecular weight is 306 g/mol. The molecule has 0 aromatic heterocycles. The molecule has 0 fully saturated rings. The van der Waals surface area contributed by atoms with Gasteiger partial charge in [-0.1, -0.05) is 58.0 Å². The molecule has 2 N–H and O–H groups in total. The van der Waals surface area contributed by atoms with Crippen molar-refractivity contribution in [2.45, 2.75) is 58.6 Å². The Kier molecular flexibility index (Phi) is 7.39. The van der Waals surface area contributed by atoms with Gasteiger partial charge in [-0.2, -0.15) is 0 Å². The Bertz CT molecular complexity index is 445. The van der Waals surface area contributed by atoms with E-state index in [2.05, 4.69) is 31.3 Å². The van der Waals surface area contributed by atoms with E-state index < -0.39 is 18.2 Å². The molecule has 22 heavy (non-hydrogen) atoms. The highest BCUT2D eigenvalue weighted by atomic mass is 16.4. The molecular weight excluding hydrogens is 278 g/mol. The van der Waals surface area contributed by atoms with Crippen LogP contribution < -0.4 is 10.4 Å². The van der Waals surface area contributed by atoms with E-state index in [1.807, 2.05) is 32.0 Å². The number of aliphatic hydroxyl groups excluding tert-OH is 1. The Morgan fingerprint density at radius 1 is 1.14 bits per heavy atom. The van der Waals surface area contributed by atoms with Crippen molar-refractivity contribution >= 4 is 6.09 Å². The van der Waals surface area contributed by atoms with Crippen molar-refractivity contribution in [1.29, 1.82) is 0 Å². The lowest BCUT2D eigenvalue weighted by atomic mass is 9.82. The molecule has 0 radical (unpaired) electrons. The first-order valence-electron chi connectivity index (χ1n) is 8.01.